The Hall–Kier alpha value is -2.62. The molecule has 1 fully saturated rings. The second-order valence-corrected chi connectivity index (χ2v) is 6.70. The van der Waals surface area contributed by atoms with Gasteiger partial charge in [-0.2, -0.15) is 0 Å². The maximum atomic E-state index is 12.5. The van der Waals surface area contributed by atoms with Crippen LogP contribution in [0.15, 0.2) is 42.5 Å². The average Bonchev–Trinajstić information content (AvgIpc) is 2.64. The van der Waals surface area contributed by atoms with Gasteiger partial charge < -0.3 is 10.2 Å². The fourth-order valence-corrected chi connectivity index (χ4v) is 3.19. The van der Waals surface area contributed by atoms with Gasteiger partial charge in [-0.05, 0) is 69.0 Å². The van der Waals surface area contributed by atoms with Gasteiger partial charge in [-0.25, -0.2) is 0 Å². The number of piperidine rings is 1. The Morgan fingerprint density at radius 3 is 2.16 bits per heavy atom. The summed E-state index contributed by atoms with van der Waals surface area (Å²) < 4.78 is 0. The fourth-order valence-electron chi connectivity index (χ4n) is 3.19. The van der Waals surface area contributed by atoms with Crippen LogP contribution >= 0.6 is 0 Å². The van der Waals surface area contributed by atoms with Crippen molar-refractivity contribution in [3.8, 4) is 0 Å². The van der Waals surface area contributed by atoms with E-state index >= 15 is 0 Å². The van der Waals surface area contributed by atoms with Crippen molar-refractivity contribution in [2.75, 3.05) is 18.4 Å². The summed E-state index contributed by atoms with van der Waals surface area (Å²) in [4.78, 5) is 26.8. The largest absolute Gasteiger partial charge is 0.339 e. The Kier molecular flexibility index (Phi) is 5.17. The van der Waals surface area contributed by atoms with Crippen LogP contribution in [0.3, 0.4) is 0 Å². The van der Waals surface area contributed by atoms with E-state index in [-0.39, 0.29) is 11.8 Å². The Balaban J connectivity index is 1.68. The van der Waals surface area contributed by atoms with Gasteiger partial charge in [0, 0.05) is 29.9 Å². The van der Waals surface area contributed by atoms with Crippen LogP contribution in [0.4, 0.5) is 5.69 Å². The molecule has 1 aliphatic heterocycles. The number of hydrogen-bond donors (Lipinski definition) is 1. The monoisotopic (exact) mass is 336 g/mol. The van der Waals surface area contributed by atoms with Crippen molar-refractivity contribution in [1.29, 1.82) is 0 Å². The first-order valence-electron chi connectivity index (χ1n) is 8.82. The lowest BCUT2D eigenvalue weighted by Crippen LogP contribution is -2.35. The van der Waals surface area contributed by atoms with Crippen molar-refractivity contribution in [1.82, 2.24) is 4.90 Å². The zero-order valence-electron chi connectivity index (χ0n) is 14.8. The number of nitrogens with zero attached hydrogens (tertiary/aromatic N) is 1. The third-order valence-corrected chi connectivity index (χ3v) is 4.67. The van der Waals surface area contributed by atoms with Crippen LogP contribution < -0.4 is 5.32 Å². The number of benzene rings is 2. The lowest BCUT2D eigenvalue weighted by atomic mass is 10.1. The predicted octanol–water partition coefficient (Wildman–Crippen LogP) is 4.18. The topological polar surface area (TPSA) is 49.4 Å². The fraction of sp³-hybridized carbons (Fsp3) is 0.333. The quantitative estimate of drug-likeness (QED) is 0.914. The molecule has 25 heavy (non-hydrogen) atoms. The van der Waals surface area contributed by atoms with Crippen molar-refractivity contribution >= 4 is 17.5 Å². The van der Waals surface area contributed by atoms with E-state index in [0.717, 1.165) is 42.7 Å². The summed E-state index contributed by atoms with van der Waals surface area (Å²) in [6, 6.07) is 12.9. The van der Waals surface area contributed by atoms with Crippen LogP contribution in [0.5, 0.6) is 0 Å². The summed E-state index contributed by atoms with van der Waals surface area (Å²) in [5.41, 5.74) is 4.20. The summed E-state index contributed by atoms with van der Waals surface area (Å²) in [6.07, 6.45) is 3.34. The van der Waals surface area contributed by atoms with E-state index < -0.39 is 0 Å². The van der Waals surface area contributed by atoms with Gasteiger partial charge in [-0.15, -0.1) is 0 Å². The molecular weight excluding hydrogens is 312 g/mol. The zero-order valence-corrected chi connectivity index (χ0v) is 14.8. The molecule has 3 rings (SSSR count). The maximum Gasteiger partial charge on any atom is 0.255 e. The lowest BCUT2D eigenvalue weighted by molar-refractivity contribution is 0.0724. The van der Waals surface area contributed by atoms with Gasteiger partial charge in [-0.3, -0.25) is 9.59 Å². The molecule has 0 atom stereocenters. The molecule has 2 aromatic carbocycles. The number of anilines is 1. The highest BCUT2D eigenvalue weighted by Crippen LogP contribution is 2.18. The van der Waals surface area contributed by atoms with Crippen LogP contribution in [0.1, 0.15) is 51.1 Å². The molecule has 0 aliphatic carbocycles. The van der Waals surface area contributed by atoms with Gasteiger partial charge in [0.05, 0.1) is 0 Å². The minimum absolute atomic E-state index is 0.0565. The first-order chi connectivity index (χ1) is 12.0. The second-order valence-electron chi connectivity index (χ2n) is 6.70. The van der Waals surface area contributed by atoms with Crippen LogP contribution in [0, 0.1) is 13.8 Å². The van der Waals surface area contributed by atoms with E-state index in [0.29, 0.717) is 11.1 Å². The number of rotatable bonds is 3. The number of aryl methyl sites for hydroxylation is 2. The van der Waals surface area contributed by atoms with Gasteiger partial charge in [-0.1, -0.05) is 17.7 Å². The number of carbonyl (C=O) groups is 2. The molecule has 1 heterocycles. The molecule has 0 aromatic heterocycles. The van der Waals surface area contributed by atoms with E-state index in [1.54, 1.807) is 24.3 Å². The van der Waals surface area contributed by atoms with Crippen LogP contribution in [0.25, 0.3) is 0 Å². The minimum Gasteiger partial charge on any atom is -0.339 e. The Bertz CT molecular complexity index is 775. The third-order valence-electron chi connectivity index (χ3n) is 4.67. The molecular formula is C21H24N2O2. The first kappa shape index (κ1) is 17.2. The normalized spacial score (nSPS) is 14.2. The van der Waals surface area contributed by atoms with E-state index in [4.69, 9.17) is 0 Å². The molecule has 0 unspecified atom stereocenters. The van der Waals surface area contributed by atoms with Crippen molar-refractivity contribution in [2.24, 2.45) is 0 Å². The lowest BCUT2D eigenvalue weighted by Gasteiger charge is -2.26. The van der Waals surface area contributed by atoms with E-state index in [1.807, 2.05) is 36.9 Å². The molecule has 0 saturated carbocycles. The molecule has 0 radical (unpaired) electrons. The average molecular weight is 336 g/mol. The van der Waals surface area contributed by atoms with Crippen LogP contribution in [-0.2, 0) is 0 Å². The zero-order chi connectivity index (χ0) is 17.8. The highest BCUT2D eigenvalue weighted by atomic mass is 16.2. The smallest absolute Gasteiger partial charge is 0.255 e. The van der Waals surface area contributed by atoms with Crippen molar-refractivity contribution < 1.29 is 9.59 Å². The van der Waals surface area contributed by atoms with Gasteiger partial charge in [0.15, 0.2) is 0 Å². The molecule has 2 amide bonds. The van der Waals surface area contributed by atoms with Crippen LogP contribution in [0.2, 0.25) is 0 Å². The summed E-state index contributed by atoms with van der Waals surface area (Å²) in [5, 5.41) is 2.93. The Morgan fingerprint density at radius 1 is 0.880 bits per heavy atom. The first-order valence-corrected chi connectivity index (χ1v) is 8.82. The molecule has 4 nitrogen and oxygen atoms in total. The van der Waals surface area contributed by atoms with E-state index in [9.17, 15) is 9.59 Å². The van der Waals surface area contributed by atoms with Gasteiger partial charge in [0.2, 0.25) is 0 Å². The molecule has 1 N–H and O–H groups in total. The molecule has 1 saturated heterocycles. The highest BCUT2D eigenvalue weighted by molar-refractivity contribution is 6.05. The summed E-state index contributed by atoms with van der Waals surface area (Å²) in [7, 11) is 0. The van der Waals surface area contributed by atoms with E-state index in [1.165, 1.54) is 6.42 Å². The van der Waals surface area contributed by atoms with Gasteiger partial charge in [0.1, 0.15) is 0 Å². The summed E-state index contributed by atoms with van der Waals surface area (Å²) in [5.74, 6) is -0.107. The predicted molar refractivity (Wildman–Crippen MR) is 100 cm³/mol. The molecule has 2 aromatic rings. The number of nitrogens with one attached hydrogen (secondary N) is 1. The summed E-state index contributed by atoms with van der Waals surface area (Å²) in [6.45, 7) is 5.65. The minimum atomic E-state index is -0.163. The molecule has 130 valence electrons. The second kappa shape index (κ2) is 7.51. The molecule has 1 aliphatic rings. The third kappa shape index (κ3) is 4.08. The summed E-state index contributed by atoms with van der Waals surface area (Å²) >= 11 is 0. The molecule has 0 bridgehead atoms. The number of amides is 2. The number of carbonyl (C=O) groups excluding carboxylic acids is 2. The van der Waals surface area contributed by atoms with Crippen molar-refractivity contribution in [2.45, 2.75) is 33.1 Å². The maximum absolute atomic E-state index is 12.5. The number of hydrogen-bond acceptors (Lipinski definition) is 2. The highest BCUT2D eigenvalue weighted by Gasteiger charge is 2.18. The SMILES string of the molecule is Cc1ccc(NC(=O)c2ccc(C(=O)N3CCCCC3)cc2)c(C)c1. The van der Waals surface area contributed by atoms with E-state index in [2.05, 4.69) is 5.32 Å². The Labute approximate surface area is 148 Å². The van der Waals surface area contributed by atoms with Crippen molar-refractivity contribution in [3.05, 3.63) is 64.7 Å². The van der Waals surface area contributed by atoms with Crippen LogP contribution in [-0.4, -0.2) is 29.8 Å². The Morgan fingerprint density at radius 2 is 1.52 bits per heavy atom. The standard InChI is InChI=1S/C21H24N2O2/c1-15-6-11-19(16(2)14-15)22-20(24)17-7-9-18(10-8-17)21(25)23-12-4-3-5-13-23/h6-11,14H,3-5,12-13H2,1-2H3,(H,22,24). The molecule has 0 spiro atoms. The van der Waals surface area contributed by atoms with Gasteiger partial charge in [0.25, 0.3) is 11.8 Å². The van der Waals surface area contributed by atoms with Crippen molar-refractivity contribution in [3.63, 3.8) is 0 Å². The number of likely N-dealkylation sites (tertiary alicyclic amines) is 1. The molecule has 4 heteroatoms. The van der Waals surface area contributed by atoms with Gasteiger partial charge >= 0.3 is 0 Å².